The van der Waals surface area contributed by atoms with Gasteiger partial charge in [0.25, 0.3) is 5.91 Å². The van der Waals surface area contributed by atoms with Crippen molar-refractivity contribution in [2.75, 3.05) is 20.2 Å². The molecule has 23 heavy (non-hydrogen) atoms. The number of morpholine rings is 1. The molecule has 0 radical (unpaired) electrons. The molecule has 2 atom stereocenters. The molecule has 0 aliphatic carbocycles. The zero-order valence-corrected chi connectivity index (χ0v) is 14.3. The van der Waals surface area contributed by atoms with E-state index < -0.39 is 0 Å². The van der Waals surface area contributed by atoms with Gasteiger partial charge in [0.1, 0.15) is 5.75 Å². The van der Waals surface area contributed by atoms with Crippen LogP contribution in [0.2, 0.25) is 0 Å². The highest BCUT2D eigenvalue weighted by Crippen LogP contribution is 2.33. The van der Waals surface area contributed by atoms with Crippen molar-refractivity contribution in [2.45, 2.75) is 26.1 Å². The predicted molar refractivity (Wildman–Crippen MR) is 92.6 cm³/mol. The van der Waals surface area contributed by atoms with Crippen molar-refractivity contribution < 1.29 is 14.3 Å². The van der Waals surface area contributed by atoms with Crippen LogP contribution in [0.5, 0.6) is 5.75 Å². The number of hydrogen-bond donors (Lipinski definition) is 0. The summed E-state index contributed by atoms with van der Waals surface area (Å²) in [6, 6.07) is 7.63. The first-order chi connectivity index (χ1) is 11.1. The lowest BCUT2D eigenvalue weighted by atomic mass is 10.2. The maximum absolute atomic E-state index is 12.2. The number of amidine groups is 1. The third-order valence-corrected chi connectivity index (χ3v) is 4.77. The summed E-state index contributed by atoms with van der Waals surface area (Å²) < 4.78 is 11.1. The van der Waals surface area contributed by atoms with Gasteiger partial charge in [-0.3, -0.25) is 4.79 Å². The third-order valence-electron chi connectivity index (χ3n) is 3.72. The largest absolute Gasteiger partial charge is 0.496 e. The molecule has 0 spiro atoms. The van der Waals surface area contributed by atoms with E-state index in [0.29, 0.717) is 4.91 Å². The van der Waals surface area contributed by atoms with Gasteiger partial charge in [0.2, 0.25) is 0 Å². The number of hydrogen-bond acceptors (Lipinski definition) is 5. The molecule has 0 saturated carbocycles. The molecule has 0 bridgehead atoms. The maximum atomic E-state index is 12.2. The second-order valence-corrected chi connectivity index (χ2v) is 6.72. The van der Waals surface area contributed by atoms with Crippen molar-refractivity contribution in [3.05, 3.63) is 34.7 Å². The molecule has 0 unspecified atom stereocenters. The minimum Gasteiger partial charge on any atom is -0.496 e. The Hall–Kier alpha value is -1.79. The van der Waals surface area contributed by atoms with Gasteiger partial charge in [0.05, 0.1) is 24.2 Å². The SMILES string of the molecule is COc1ccccc1/C=C1/SC(N2C[C@@H](C)O[C@@H](C)C2)=NC1=O. The van der Waals surface area contributed by atoms with Gasteiger partial charge in [0, 0.05) is 18.7 Å². The van der Waals surface area contributed by atoms with Crippen LogP contribution in [0.25, 0.3) is 6.08 Å². The molecule has 2 aliphatic rings. The number of ether oxygens (including phenoxy) is 2. The van der Waals surface area contributed by atoms with Gasteiger partial charge < -0.3 is 14.4 Å². The lowest BCUT2D eigenvalue weighted by Crippen LogP contribution is -2.47. The number of benzene rings is 1. The number of rotatable bonds is 2. The van der Waals surface area contributed by atoms with Crippen LogP contribution >= 0.6 is 11.8 Å². The van der Waals surface area contributed by atoms with Gasteiger partial charge in [-0.2, -0.15) is 4.99 Å². The second-order valence-electron chi connectivity index (χ2n) is 5.71. The Balaban J connectivity index is 1.78. The van der Waals surface area contributed by atoms with Crippen LogP contribution in [-0.2, 0) is 9.53 Å². The molecule has 122 valence electrons. The number of amides is 1. The van der Waals surface area contributed by atoms with Crippen molar-refractivity contribution in [2.24, 2.45) is 4.99 Å². The molecule has 3 rings (SSSR count). The number of nitrogens with zero attached hydrogens (tertiary/aromatic N) is 2. The van der Waals surface area contributed by atoms with E-state index in [1.54, 1.807) is 7.11 Å². The summed E-state index contributed by atoms with van der Waals surface area (Å²) in [5, 5.41) is 0.762. The maximum Gasteiger partial charge on any atom is 0.286 e. The highest BCUT2D eigenvalue weighted by atomic mass is 32.2. The van der Waals surface area contributed by atoms with E-state index in [1.807, 2.05) is 44.2 Å². The van der Waals surface area contributed by atoms with Crippen molar-refractivity contribution >= 4 is 28.9 Å². The average molecular weight is 332 g/mol. The van der Waals surface area contributed by atoms with Crippen LogP contribution < -0.4 is 4.74 Å². The molecule has 0 aromatic heterocycles. The average Bonchev–Trinajstić information content (AvgIpc) is 2.88. The zero-order valence-electron chi connectivity index (χ0n) is 13.5. The number of thioether (sulfide) groups is 1. The Kier molecular flexibility index (Phi) is 4.73. The molecule has 1 saturated heterocycles. The molecule has 0 N–H and O–H groups in total. The summed E-state index contributed by atoms with van der Waals surface area (Å²) in [5.74, 6) is 0.554. The zero-order chi connectivity index (χ0) is 16.4. The molecule has 2 aliphatic heterocycles. The first-order valence-electron chi connectivity index (χ1n) is 7.63. The van der Waals surface area contributed by atoms with E-state index in [4.69, 9.17) is 9.47 Å². The van der Waals surface area contributed by atoms with Gasteiger partial charge in [-0.1, -0.05) is 18.2 Å². The van der Waals surface area contributed by atoms with Gasteiger partial charge in [-0.25, -0.2) is 0 Å². The van der Waals surface area contributed by atoms with Crippen LogP contribution in [0.1, 0.15) is 19.4 Å². The molecular weight excluding hydrogens is 312 g/mol. The Morgan fingerprint density at radius 1 is 1.30 bits per heavy atom. The number of methoxy groups -OCH3 is 1. The Bertz CT molecular complexity index is 662. The summed E-state index contributed by atoms with van der Waals surface area (Å²) >= 11 is 1.42. The van der Waals surface area contributed by atoms with Gasteiger partial charge in [0.15, 0.2) is 5.17 Å². The summed E-state index contributed by atoms with van der Waals surface area (Å²) in [7, 11) is 1.62. The third kappa shape index (κ3) is 3.59. The molecule has 1 amide bonds. The van der Waals surface area contributed by atoms with E-state index >= 15 is 0 Å². The summed E-state index contributed by atoms with van der Waals surface area (Å²) in [5.41, 5.74) is 0.881. The fourth-order valence-corrected chi connectivity index (χ4v) is 3.72. The lowest BCUT2D eigenvalue weighted by molar-refractivity contribution is -0.113. The number of carbonyl (C=O) groups excluding carboxylic acids is 1. The first kappa shape index (κ1) is 16.1. The Morgan fingerprint density at radius 2 is 2.00 bits per heavy atom. The summed E-state index contributed by atoms with van der Waals surface area (Å²) in [6.45, 7) is 5.59. The highest BCUT2D eigenvalue weighted by Gasteiger charge is 2.31. The van der Waals surface area contributed by atoms with Gasteiger partial charge >= 0.3 is 0 Å². The van der Waals surface area contributed by atoms with E-state index in [-0.39, 0.29) is 18.1 Å². The molecule has 1 fully saturated rings. The molecule has 1 aromatic carbocycles. The van der Waals surface area contributed by atoms with Gasteiger partial charge in [-0.15, -0.1) is 0 Å². The fraction of sp³-hybridized carbons (Fsp3) is 0.412. The van der Waals surface area contributed by atoms with Crippen molar-refractivity contribution in [1.29, 1.82) is 0 Å². The monoisotopic (exact) mass is 332 g/mol. The summed E-state index contributed by atoms with van der Waals surface area (Å²) in [6.07, 6.45) is 2.12. The quantitative estimate of drug-likeness (QED) is 0.780. The van der Waals surface area contributed by atoms with E-state index in [2.05, 4.69) is 9.89 Å². The van der Waals surface area contributed by atoms with Crippen LogP contribution in [0.15, 0.2) is 34.2 Å². The van der Waals surface area contributed by atoms with E-state index in [0.717, 1.165) is 29.6 Å². The standard InChI is InChI=1S/C17H20N2O3S/c1-11-9-19(10-12(2)22-11)17-18-16(20)15(23-17)8-13-6-4-5-7-14(13)21-3/h4-8,11-12H,9-10H2,1-3H3/b15-8+/t11-,12+. The lowest BCUT2D eigenvalue weighted by Gasteiger charge is -2.35. The highest BCUT2D eigenvalue weighted by molar-refractivity contribution is 8.18. The molecule has 6 heteroatoms. The van der Waals surface area contributed by atoms with Crippen LogP contribution in [0.4, 0.5) is 0 Å². The topological polar surface area (TPSA) is 51.1 Å². The molecule has 2 heterocycles. The summed E-state index contributed by atoms with van der Waals surface area (Å²) in [4.78, 5) is 19.2. The molecule has 5 nitrogen and oxygen atoms in total. The predicted octanol–water partition coefficient (Wildman–Crippen LogP) is 2.77. The first-order valence-corrected chi connectivity index (χ1v) is 8.44. The molecule has 1 aromatic rings. The molecular formula is C17H20N2O3S. The van der Waals surface area contributed by atoms with E-state index in [9.17, 15) is 4.79 Å². The second kappa shape index (κ2) is 6.76. The number of aliphatic imine (C=N–C) groups is 1. The van der Waals surface area contributed by atoms with Crippen molar-refractivity contribution in [3.63, 3.8) is 0 Å². The van der Waals surface area contributed by atoms with Gasteiger partial charge in [-0.05, 0) is 37.8 Å². The van der Waals surface area contributed by atoms with Crippen LogP contribution in [-0.4, -0.2) is 48.4 Å². The Labute approximate surface area is 140 Å². The van der Waals surface area contributed by atoms with Crippen LogP contribution in [0.3, 0.4) is 0 Å². The van der Waals surface area contributed by atoms with Crippen molar-refractivity contribution in [1.82, 2.24) is 4.90 Å². The van der Waals surface area contributed by atoms with Crippen molar-refractivity contribution in [3.8, 4) is 5.75 Å². The minimum atomic E-state index is -0.192. The smallest absolute Gasteiger partial charge is 0.286 e. The van der Waals surface area contributed by atoms with Crippen LogP contribution in [0, 0.1) is 0 Å². The fourth-order valence-electron chi connectivity index (χ4n) is 2.79. The minimum absolute atomic E-state index is 0.138. The Morgan fingerprint density at radius 3 is 2.70 bits per heavy atom. The van der Waals surface area contributed by atoms with E-state index in [1.165, 1.54) is 11.8 Å². The normalized spacial score (nSPS) is 26.6. The number of carbonyl (C=O) groups is 1. The number of para-hydroxylation sites is 1.